The summed E-state index contributed by atoms with van der Waals surface area (Å²) in [6.45, 7) is 6.54. The first kappa shape index (κ1) is 14.3. The number of benzene rings is 1. The van der Waals surface area contributed by atoms with E-state index in [4.69, 9.17) is 5.84 Å². The first-order valence-corrected chi connectivity index (χ1v) is 7.36. The van der Waals surface area contributed by atoms with E-state index in [9.17, 15) is 0 Å². The van der Waals surface area contributed by atoms with Crippen molar-refractivity contribution in [3.8, 4) is 0 Å². The predicted molar refractivity (Wildman–Crippen MR) is 81.9 cm³/mol. The first-order chi connectivity index (χ1) is 9.13. The molecule has 0 aromatic heterocycles. The summed E-state index contributed by atoms with van der Waals surface area (Å²) in [4.78, 5) is 0. The highest BCUT2D eigenvalue weighted by Gasteiger charge is 2.20. The Labute approximate surface area is 117 Å². The Bertz CT molecular complexity index is 451. The highest BCUT2D eigenvalue weighted by molar-refractivity contribution is 5.43. The topological polar surface area (TPSA) is 38.0 Å². The molecule has 0 radical (unpaired) electrons. The molecular formula is C17H26N2. The Balaban J connectivity index is 2.39. The standard InChI is InChI=1S/C17H26N2/c1-12-10-13(2)16(14(3)11-12)17(19-18)15-8-6-4-5-7-9-15/h8,10-11,17,19H,4-7,9,18H2,1-3H3. The van der Waals surface area contributed by atoms with Gasteiger partial charge in [-0.05, 0) is 63.1 Å². The van der Waals surface area contributed by atoms with Crippen LogP contribution in [-0.2, 0) is 0 Å². The minimum atomic E-state index is 0.179. The van der Waals surface area contributed by atoms with Crippen LogP contribution in [-0.4, -0.2) is 0 Å². The van der Waals surface area contributed by atoms with Gasteiger partial charge >= 0.3 is 0 Å². The maximum absolute atomic E-state index is 5.87. The van der Waals surface area contributed by atoms with Gasteiger partial charge in [0, 0.05) is 0 Å². The van der Waals surface area contributed by atoms with E-state index in [1.54, 1.807) is 0 Å². The number of rotatable bonds is 3. The summed E-state index contributed by atoms with van der Waals surface area (Å²) in [5.41, 5.74) is 9.88. The van der Waals surface area contributed by atoms with Gasteiger partial charge in [0.2, 0.25) is 0 Å². The summed E-state index contributed by atoms with van der Waals surface area (Å²) in [5, 5.41) is 0. The molecule has 0 saturated heterocycles. The summed E-state index contributed by atoms with van der Waals surface area (Å²) in [5.74, 6) is 5.87. The van der Waals surface area contributed by atoms with Crippen LogP contribution in [0.25, 0.3) is 0 Å². The fourth-order valence-electron chi connectivity index (χ4n) is 3.32. The molecular weight excluding hydrogens is 232 g/mol. The van der Waals surface area contributed by atoms with Gasteiger partial charge < -0.3 is 0 Å². The second kappa shape index (κ2) is 6.36. The molecule has 1 aliphatic rings. The fourth-order valence-corrected chi connectivity index (χ4v) is 3.32. The smallest absolute Gasteiger partial charge is 0.0675 e. The highest BCUT2D eigenvalue weighted by Crippen LogP contribution is 2.32. The van der Waals surface area contributed by atoms with Crippen molar-refractivity contribution >= 4 is 0 Å². The monoisotopic (exact) mass is 258 g/mol. The van der Waals surface area contributed by atoms with E-state index >= 15 is 0 Å². The number of nitrogens with one attached hydrogen (secondary N) is 1. The fraction of sp³-hybridized carbons (Fsp3) is 0.529. The third-order valence-electron chi connectivity index (χ3n) is 4.14. The highest BCUT2D eigenvalue weighted by atomic mass is 15.2. The van der Waals surface area contributed by atoms with Crippen LogP contribution in [0.1, 0.15) is 60.4 Å². The van der Waals surface area contributed by atoms with E-state index in [0.29, 0.717) is 0 Å². The second-order valence-electron chi connectivity index (χ2n) is 5.79. The van der Waals surface area contributed by atoms with E-state index in [1.165, 1.54) is 59.9 Å². The van der Waals surface area contributed by atoms with Gasteiger partial charge in [0.15, 0.2) is 0 Å². The Morgan fingerprint density at radius 2 is 1.74 bits per heavy atom. The third kappa shape index (κ3) is 3.26. The van der Waals surface area contributed by atoms with Crippen LogP contribution in [0.15, 0.2) is 23.8 Å². The Kier molecular flexibility index (Phi) is 4.78. The molecule has 1 aliphatic carbocycles. The molecule has 2 rings (SSSR count). The number of hydrogen-bond acceptors (Lipinski definition) is 2. The van der Waals surface area contributed by atoms with Crippen molar-refractivity contribution in [1.29, 1.82) is 0 Å². The minimum absolute atomic E-state index is 0.179. The Morgan fingerprint density at radius 3 is 2.37 bits per heavy atom. The number of hydrazine groups is 1. The molecule has 1 atom stereocenters. The van der Waals surface area contributed by atoms with Gasteiger partial charge in [-0.15, -0.1) is 0 Å². The molecule has 1 aromatic carbocycles. The molecule has 1 unspecified atom stereocenters. The zero-order valence-corrected chi connectivity index (χ0v) is 12.4. The summed E-state index contributed by atoms with van der Waals surface area (Å²) < 4.78 is 0. The van der Waals surface area contributed by atoms with Gasteiger partial charge in [0.05, 0.1) is 6.04 Å². The summed E-state index contributed by atoms with van der Waals surface area (Å²) in [6.07, 6.45) is 8.69. The second-order valence-corrected chi connectivity index (χ2v) is 5.79. The normalized spacial score (nSPS) is 17.8. The molecule has 3 N–H and O–H groups in total. The third-order valence-corrected chi connectivity index (χ3v) is 4.14. The molecule has 19 heavy (non-hydrogen) atoms. The maximum Gasteiger partial charge on any atom is 0.0675 e. The molecule has 0 amide bonds. The zero-order valence-electron chi connectivity index (χ0n) is 12.4. The number of allylic oxidation sites excluding steroid dienone is 1. The van der Waals surface area contributed by atoms with Gasteiger partial charge in [-0.2, -0.15) is 0 Å². The van der Waals surface area contributed by atoms with Crippen molar-refractivity contribution in [2.24, 2.45) is 5.84 Å². The lowest BCUT2D eigenvalue weighted by atomic mass is 9.88. The molecule has 0 heterocycles. The van der Waals surface area contributed by atoms with Crippen molar-refractivity contribution in [3.05, 3.63) is 46.0 Å². The van der Waals surface area contributed by atoms with E-state index in [0.717, 1.165) is 0 Å². The van der Waals surface area contributed by atoms with Crippen LogP contribution in [0.5, 0.6) is 0 Å². The summed E-state index contributed by atoms with van der Waals surface area (Å²) in [6, 6.07) is 4.69. The van der Waals surface area contributed by atoms with E-state index in [-0.39, 0.29) is 6.04 Å². The number of aryl methyl sites for hydroxylation is 3. The minimum Gasteiger partial charge on any atom is -0.271 e. The lowest BCUT2D eigenvalue weighted by Crippen LogP contribution is -2.30. The molecule has 0 bridgehead atoms. The molecule has 0 saturated carbocycles. The molecule has 0 spiro atoms. The molecule has 104 valence electrons. The summed E-state index contributed by atoms with van der Waals surface area (Å²) in [7, 11) is 0. The van der Waals surface area contributed by atoms with Crippen LogP contribution >= 0.6 is 0 Å². The van der Waals surface area contributed by atoms with Crippen molar-refractivity contribution in [2.75, 3.05) is 0 Å². The van der Waals surface area contributed by atoms with Gasteiger partial charge in [0.25, 0.3) is 0 Å². The van der Waals surface area contributed by atoms with Crippen molar-refractivity contribution < 1.29 is 0 Å². The lowest BCUT2D eigenvalue weighted by molar-refractivity contribution is 0.588. The SMILES string of the molecule is Cc1cc(C)c(C(NN)C2=CCCCCC2)c(C)c1. The average Bonchev–Trinajstić information content (AvgIpc) is 2.62. The lowest BCUT2D eigenvalue weighted by Gasteiger charge is -2.24. The van der Waals surface area contributed by atoms with Gasteiger partial charge in [-0.3, -0.25) is 5.84 Å². The zero-order chi connectivity index (χ0) is 13.8. The van der Waals surface area contributed by atoms with E-state index in [2.05, 4.69) is 44.4 Å². The average molecular weight is 258 g/mol. The Morgan fingerprint density at radius 1 is 1.05 bits per heavy atom. The molecule has 0 fully saturated rings. The molecule has 0 aliphatic heterocycles. The maximum atomic E-state index is 5.87. The van der Waals surface area contributed by atoms with Gasteiger partial charge in [0.1, 0.15) is 0 Å². The Hall–Kier alpha value is -1.12. The van der Waals surface area contributed by atoms with Crippen LogP contribution in [0.3, 0.4) is 0 Å². The van der Waals surface area contributed by atoms with E-state index in [1.807, 2.05) is 0 Å². The van der Waals surface area contributed by atoms with Crippen molar-refractivity contribution in [1.82, 2.24) is 5.43 Å². The molecule has 2 nitrogen and oxygen atoms in total. The first-order valence-electron chi connectivity index (χ1n) is 7.36. The largest absolute Gasteiger partial charge is 0.271 e. The van der Waals surface area contributed by atoms with Crippen LogP contribution in [0.2, 0.25) is 0 Å². The number of nitrogens with two attached hydrogens (primary N) is 1. The quantitative estimate of drug-likeness (QED) is 0.488. The van der Waals surface area contributed by atoms with Crippen molar-refractivity contribution in [3.63, 3.8) is 0 Å². The number of hydrogen-bond donors (Lipinski definition) is 2. The van der Waals surface area contributed by atoms with Crippen LogP contribution in [0, 0.1) is 20.8 Å². The van der Waals surface area contributed by atoms with Crippen LogP contribution in [0.4, 0.5) is 0 Å². The van der Waals surface area contributed by atoms with Crippen LogP contribution < -0.4 is 11.3 Å². The van der Waals surface area contributed by atoms with Gasteiger partial charge in [-0.1, -0.05) is 35.8 Å². The van der Waals surface area contributed by atoms with Gasteiger partial charge in [-0.25, -0.2) is 5.43 Å². The summed E-state index contributed by atoms with van der Waals surface area (Å²) >= 11 is 0. The molecule has 1 aromatic rings. The van der Waals surface area contributed by atoms with E-state index < -0.39 is 0 Å². The molecule has 2 heteroatoms. The predicted octanol–water partition coefficient (Wildman–Crippen LogP) is 4.01. The van der Waals surface area contributed by atoms with Crippen molar-refractivity contribution in [2.45, 2.75) is 58.9 Å².